The highest BCUT2D eigenvalue weighted by Gasteiger charge is 2.65. The zero-order chi connectivity index (χ0) is 17.9. The zero-order valence-electron chi connectivity index (χ0n) is 17.0. The summed E-state index contributed by atoms with van der Waals surface area (Å²) in [7, 11) is 0. The van der Waals surface area contributed by atoms with Gasteiger partial charge in [0.05, 0.1) is 0 Å². The SMILES string of the molecule is CCCC(C)C1CCC2C3CCC4CCCCC4(N)C3(C)CCC12N. The van der Waals surface area contributed by atoms with E-state index in [-0.39, 0.29) is 11.1 Å². The first kappa shape index (κ1) is 18.3. The summed E-state index contributed by atoms with van der Waals surface area (Å²) in [4.78, 5) is 0. The summed E-state index contributed by atoms with van der Waals surface area (Å²) in [5.74, 6) is 3.84. The van der Waals surface area contributed by atoms with Gasteiger partial charge in [-0.15, -0.1) is 0 Å². The summed E-state index contributed by atoms with van der Waals surface area (Å²) in [6.45, 7) is 7.38. The van der Waals surface area contributed by atoms with Crippen LogP contribution < -0.4 is 11.5 Å². The molecule has 4 aliphatic carbocycles. The molecule has 0 radical (unpaired) electrons. The summed E-state index contributed by atoms with van der Waals surface area (Å²) >= 11 is 0. The molecule has 0 aromatic carbocycles. The highest BCUT2D eigenvalue weighted by Crippen LogP contribution is 2.66. The van der Waals surface area contributed by atoms with Crippen molar-refractivity contribution in [2.75, 3.05) is 0 Å². The fourth-order valence-corrected chi connectivity index (χ4v) is 8.60. The third-order valence-corrected chi connectivity index (χ3v) is 9.99. The van der Waals surface area contributed by atoms with E-state index in [0.29, 0.717) is 5.41 Å². The topological polar surface area (TPSA) is 52.0 Å². The molecule has 8 unspecified atom stereocenters. The molecule has 0 amide bonds. The van der Waals surface area contributed by atoms with Crippen LogP contribution >= 0.6 is 0 Å². The predicted molar refractivity (Wildman–Crippen MR) is 106 cm³/mol. The van der Waals surface area contributed by atoms with Crippen molar-refractivity contribution in [1.82, 2.24) is 0 Å². The Morgan fingerprint density at radius 1 is 0.920 bits per heavy atom. The summed E-state index contributed by atoms with van der Waals surface area (Å²) in [5.41, 5.74) is 15.1. The molecule has 0 aromatic rings. The molecule has 25 heavy (non-hydrogen) atoms. The molecule has 2 heteroatoms. The van der Waals surface area contributed by atoms with Crippen molar-refractivity contribution in [2.45, 2.75) is 109 Å². The minimum Gasteiger partial charge on any atom is -0.325 e. The first-order valence-electron chi connectivity index (χ1n) is 11.4. The highest BCUT2D eigenvalue weighted by atomic mass is 14.9. The summed E-state index contributed by atoms with van der Waals surface area (Å²) in [6, 6.07) is 0. The Hall–Kier alpha value is -0.0800. The fraction of sp³-hybridized carbons (Fsp3) is 1.00. The van der Waals surface area contributed by atoms with Crippen LogP contribution in [0.3, 0.4) is 0 Å². The molecule has 4 aliphatic rings. The Kier molecular flexibility index (Phi) is 4.56. The van der Waals surface area contributed by atoms with Crippen LogP contribution in [0, 0.1) is 35.0 Å². The van der Waals surface area contributed by atoms with E-state index in [1.807, 2.05) is 0 Å². The smallest absolute Gasteiger partial charge is 0.0240 e. The van der Waals surface area contributed by atoms with Gasteiger partial charge in [-0.3, -0.25) is 0 Å². The maximum absolute atomic E-state index is 7.28. The van der Waals surface area contributed by atoms with E-state index in [4.69, 9.17) is 11.5 Å². The van der Waals surface area contributed by atoms with Gasteiger partial charge in [-0.05, 0) is 86.4 Å². The first-order chi connectivity index (χ1) is 11.9. The molecule has 8 atom stereocenters. The molecule has 0 saturated heterocycles. The standard InChI is InChI=1S/C23H42N2/c1-4-7-16(2)18-11-12-20-19-10-9-17-8-5-6-13-23(17,25)21(19,3)14-15-22(18,20)24/h16-20H,4-15,24-25H2,1-3H3. The van der Waals surface area contributed by atoms with Crippen LogP contribution in [0.1, 0.15) is 97.8 Å². The van der Waals surface area contributed by atoms with Crippen molar-refractivity contribution in [3.05, 3.63) is 0 Å². The molecule has 144 valence electrons. The molecule has 4 saturated carbocycles. The second kappa shape index (κ2) is 6.23. The number of hydrogen-bond acceptors (Lipinski definition) is 2. The number of nitrogens with two attached hydrogens (primary N) is 2. The number of hydrogen-bond donors (Lipinski definition) is 2. The molecule has 0 spiro atoms. The van der Waals surface area contributed by atoms with Gasteiger partial charge in [0.1, 0.15) is 0 Å². The van der Waals surface area contributed by atoms with Crippen LogP contribution in [0.15, 0.2) is 0 Å². The van der Waals surface area contributed by atoms with Gasteiger partial charge in [0.15, 0.2) is 0 Å². The largest absolute Gasteiger partial charge is 0.325 e. The van der Waals surface area contributed by atoms with E-state index in [1.165, 1.54) is 77.0 Å². The van der Waals surface area contributed by atoms with Gasteiger partial charge >= 0.3 is 0 Å². The van der Waals surface area contributed by atoms with Crippen molar-refractivity contribution in [1.29, 1.82) is 0 Å². The van der Waals surface area contributed by atoms with Gasteiger partial charge in [0.25, 0.3) is 0 Å². The van der Waals surface area contributed by atoms with Crippen molar-refractivity contribution in [2.24, 2.45) is 46.5 Å². The average Bonchev–Trinajstić information content (AvgIpc) is 2.93. The lowest BCUT2D eigenvalue weighted by atomic mass is 9.42. The van der Waals surface area contributed by atoms with Crippen molar-refractivity contribution < 1.29 is 0 Å². The van der Waals surface area contributed by atoms with E-state index < -0.39 is 0 Å². The fourth-order valence-electron chi connectivity index (χ4n) is 8.60. The lowest BCUT2D eigenvalue weighted by molar-refractivity contribution is -0.121. The number of fused-ring (bicyclic) bond motifs is 5. The monoisotopic (exact) mass is 346 g/mol. The Bertz CT molecular complexity index is 504. The van der Waals surface area contributed by atoms with Gasteiger partial charge in [-0.25, -0.2) is 0 Å². The predicted octanol–water partition coefficient (Wildman–Crippen LogP) is 5.24. The van der Waals surface area contributed by atoms with Gasteiger partial charge in [-0.2, -0.15) is 0 Å². The second-order valence-electron chi connectivity index (χ2n) is 10.8. The van der Waals surface area contributed by atoms with Crippen LogP contribution in [0.25, 0.3) is 0 Å². The number of rotatable bonds is 3. The maximum atomic E-state index is 7.28. The van der Waals surface area contributed by atoms with E-state index in [0.717, 1.165) is 29.6 Å². The van der Waals surface area contributed by atoms with E-state index in [9.17, 15) is 0 Å². The van der Waals surface area contributed by atoms with Gasteiger partial charge < -0.3 is 11.5 Å². The summed E-state index contributed by atoms with van der Waals surface area (Å²) < 4.78 is 0. The Morgan fingerprint density at radius 3 is 2.44 bits per heavy atom. The minimum atomic E-state index is 0.0998. The Labute approximate surface area is 155 Å². The molecule has 0 heterocycles. The molecule has 0 aromatic heterocycles. The summed E-state index contributed by atoms with van der Waals surface area (Å²) in [5, 5.41) is 0. The second-order valence-corrected chi connectivity index (χ2v) is 10.8. The third-order valence-electron chi connectivity index (χ3n) is 9.99. The molecule has 4 fully saturated rings. The van der Waals surface area contributed by atoms with Crippen LogP contribution in [-0.2, 0) is 0 Å². The van der Waals surface area contributed by atoms with E-state index in [1.54, 1.807) is 0 Å². The molecule has 4 N–H and O–H groups in total. The zero-order valence-corrected chi connectivity index (χ0v) is 17.0. The van der Waals surface area contributed by atoms with Crippen LogP contribution in [-0.4, -0.2) is 11.1 Å². The van der Waals surface area contributed by atoms with E-state index in [2.05, 4.69) is 20.8 Å². The highest BCUT2D eigenvalue weighted by molar-refractivity contribution is 5.20. The Morgan fingerprint density at radius 2 is 1.68 bits per heavy atom. The van der Waals surface area contributed by atoms with E-state index >= 15 is 0 Å². The van der Waals surface area contributed by atoms with Gasteiger partial charge in [-0.1, -0.05) is 46.5 Å². The average molecular weight is 347 g/mol. The lowest BCUT2D eigenvalue weighted by Gasteiger charge is -2.66. The molecule has 0 bridgehead atoms. The molecule has 4 rings (SSSR count). The Balaban J connectivity index is 1.63. The normalized spacial score (nSPS) is 53.6. The van der Waals surface area contributed by atoms with Crippen molar-refractivity contribution in [3.63, 3.8) is 0 Å². The van der Waals surface area contributed by atoms with Crippen LogP contribution in [0.2, 0.25) is 0 Å². The minimum absolute atomic E-state index is 0.0998. The third kappa shape index (κ3) is 2.42. The molecule has 2 nitrogen and oxygen atoms in total. The summed E-state index contributed by atoms with van der Waals surface area (Å²) in [6.07, 6.45) is 16.1. The molecular weight excluding hydrogens is 304 g/mol. The molecule has 0 aliphatic heterocycles. The first-order valence-corrected chi connectivity index (χ1v) is 11.4. The van der Waals surface area contributed by atoms with Crippen molar-refractivity contribution in [3.8, 4) is 0 Å². The van der Waals surface area contributed by atoms with Gasteiger partial charge in [0, 0.05) is 11.1 Å². The molecular formula is C23H42N2. The maximum Gasteiger partial charge on any atom is 0.0240 e. The quantitative estimate of drug-likeness (QED) is 0.734. The van der Waals surface area contributed by atoms with Crippen LogP contribution in [0.5, 0.6) is 0 Å². The van der Waals surface area contributed by atoms with Crippen LogP contribution in [0.4, 0.5) is 0 Å². The van der Waals surface area contributed by atoms with Gasteiger partial charge in [0.2, 0.25) is 0 Å². The van der Waals surface area contributed by atoms with Crippen molar-refractivity contribution >= 4 is 0 Å². The lowest BCUT2D eigenvalue weighted by Crippen LogP contribution is -2.71.